The lowest BCUT2D eigenvalue weighted by Gasteiger charge is -2.07. The van der Waals surface area contributed by atoms with Gasteiger partial charge in [-0.25, -0.2) is 0 Å². The second kappa shape index (κ2) is 9.11. The maximum absolute atomic E-state index is 10.1. The van der Waals surface area contributed by atoms with Crippen molar-refractivity contribution in [3.8, 4) is 0 Å². The molecular formula is C10H21NO5. The molecule has 0 bridgehead atoms. The molecular weight excluding hydrogens is 214 g/mol. The predicted molar refractivity (Wildman–Crippen MR) is 59.0 cm³/mol. The Morgan fingerprint density at radius 1 is 1.12 bits per heavy atom. The zero-order valence-electron chi connectivity index (χ0n) is 9.88. The summed E-state index contributed by atoms with van der Waals surface area (Å²) in [6.45, 7) is 5.06. The van der Waals surface area contributed by atoms with Crippen molar-refractivity contribution in [3.63, 3.8) is 0 Å². The third-order valence-electron chi connectivity index (χ3n) is 1.74. The summed E-state index contributed by atoms with van der Waals surface area (Å²) >= 11 is 0. The monoisotopic (exact) mass is 235 g/mol. The first-order chi connectivity index (χ1) is 7.22. The van der Waals surface area contributed by atoms with Crippen molar-refractivity contribution in [1.82, 2.24) is 0 Å². The lowest BCUT2D eigenvalue weighted by molar-refractivity contribution is -0.142. The minimum atomic E-state index is -0.956. The number of aliphatic carboxylic acids is 2. The quantitative estimate of drug-likeness (QED) is 0.538. The van der Waals surface area contributed by atoms with Crippen molar-refractivity contribution in [2.75, 3.05) is 6.61 Å². The number of hydrogen-bond acceptors (Lipinski definition) is 4. The van der Waals surface area contributed by atoms with Gasteiger partial charge in [-0.2, -0.15) is 0 Å². The lowest BCUT2D eigenvalue weighted by Crippen LogP contribution is -2.31. The molecule has 0 aromatic heterocycles. The maximum atomic E-state index is 10.1. The molecule has 0 saturated heterocycles. The molecule has 0 fully saturated rings. The van der Waals surface area contributed by atoms with E-state index in [9.17, 15) is 9.59 Å². The van der Waals surface area contributed by atoms with Crippen molar-refractivity contribution in [3.05, 3.63) is 0 Å². The summed E-state index contributed by atoms with van der Waals surface area (Å²) in [5, 5.41) is 24.5. The van der Waals surface area contributed by atoms with Gasteiger partial charge in [0.2, 0.25) is 0 Å². The SMILES string of the molecule is CC(C)CC(N)C(=O)O.CC(CO)C(=O)O. The van der Waals surface area contributed by atoms with E-state index in [-0.39, 0.29) is 6.61 Å². The second-order valence-electron chi connectivity index (χ2n) is 4.00. The van der Waals surface area contributed by atoms with Crippen LogP contribution in [0.4, 0.5) is 0 Å². The van der Waals surface area contributed by atoms with Crippen molar-refractivity contribution in [2.45, 2.75) is 33.2 Å². The summed E-state index contributed by atoms with van der Waals surface area (Å²) in [6.07, 6.45) is 0.551. The van der Waals surface area contributed by atoms with E-state index in [0.29, 0.717) is 12.3 Å². The largest absolute Gasteiger partial charge is 0.481 e. The fourth-order valence-electron chi connectivity index (χ4n) is 0.687. The van der Waals surface area contributed by atoms with Gasteiger partial charge in [-0.3, -0.25) is 9.59 Å². The third-order valence-corrected chi connectivity index (χ3v) is 1.74. The first-order valence-electron chi connectivity index (χ1n) is 5.04. The molecule has 0 radical (unpaired) electrons. The Hall–Kier alpha value is -1.14. The van der Waals surface area contributed by atoms with Crippen molar-refractivity contribution in [2.24, 2.45) is 17.6 Å². The zero-order valence-corrected chi connectivity index (χ0v) is 9.88. The van der Waals surface area contributed by atoms with Crippen LogP contribution in [-0.2, 0) is 9.59 Å². The molecule has 0 aliphatic carbocycles. The average molecular weight is 235 g/mol. The minimum Gasteiger partial charge on any atom is -0.481 e. The molecule has 2 atom stereocenters. The zero-order chi connectivity index (χ0) is 13.3. The van der Waals surface area contributed by atoms with Crippen LogP contribution in [0.15, 0.2) is 0 Å². The fourth-order valence-corrected chi connectivity index (χ4v) is 0.687. The number of aliphatic hydroxyl groups is 1. The number of rotatable bonds is 5. The van der Waals surface area contributed by atoms with Crippen LogP contribution in [0.3, 0.4) is 0 Å². The van der Waals surface area contributed by atoms with Crippen LogP contribution < -0.4 is 5.73 Å². The van der Waals surface area contributed by atoms with Gasteiger partial charge in [0.1, 0.15) is 6.04 Å². The van der Waals surface area contributed by atoms with E-state index in [4.69, 9.17) is 21.1 Å². The standard InChI is InChI=1S/C6H13NO2.C4H8O3/c1-4(2)3-5(7)6(8)9;1-3(2-5)4(6)7/h4-5H,3,7H2,1-2H3,(H,8,9);3,5H,2H2,1H3,(H,6,7). The van der Waals surface area contributed by atoms with E-state index in [1.165, 1.54) is 6.92 Å². The molecule has 16 heavy (non-hydrogen) atoms. The Balaban J connectivity index is 0. The van der Waals surface area contributed by atoms with Crippen LogP contribution in [-0.4, -0.2) is 39.9 Å². The number of carboxylic acid groups (broad SMARTS) is 2. The van der Waals surface area contributed by atoms with Gasteiger partial charge in [-0.05, 0) is 19.3 Å². The molecule has 0 rings (SSSR count). The van der Waals surface area contributed by atoms with Crippen molar-refractivity contribution < 1.29 is 24.9 Å². The predicted octanol–water partition coefficient (Wildman–Crippen LogP) is 0.144. The molecule has 0 aromatic carbocycles. The Labute approximate surface area is 95.1 Å². The molecule has 0 aromatic rings. The number of nitrogens with two attached hydrogens (primary N) is 1. The summed E-state index contributed by atoms with van der Waals surface area (Å²) in [4.78, 5) is 19.9. The summed E-state index contributed by atoms with van der Waals surface area (Å²) in [7, 11) is 0. The van der Waals surface area contributed by atoms with Crippen LogP contribution in [0.2, 0.25) is 0 Å². The molecule has 0 spiro atoms. The van der Waals surface area contributed by atoms with E-state index < -0.39 is 23.9 Å². The lowest BCUT2D eigenvalue weighted by atomic mass is 10.1. The summed E-state index contributed by atoms with van der Waals surface area (Å²) < 4.78 is 0. The molecule has 0 aliphatic rings. The van der Waals surface area contributed by atoms with E-state index >= 15 is 0 Å². The molecule has 5 N–H and O–H groups in total. The highest BCUT2D eigenvalue weighted by atomic mass is 16.4. The smallest absolute Gasteiger partial charge is 0.320 e. The average Bonchev–Trinajstić information content (AvgIpc) is 2.16. The maximum Gasteiger partial charge on any atom is 0.320 e. The molecule has 2 unspecified atom stereocenters. The van der Waals surface area contributed by atoms with Gasteiger partial charge in [0.05, 0.1) is 12.5 Å². The number of carbonyl (C=O) groups is 2. The normalized spacial score (nSPS) is 13.6. The van der Waals surface area contributed by atoms with Gasteiger partial charge in [0.25, 0.3) is 0 Å². The van der Waals surface area contributed by atoms with Gasteiger partial charge < -0.3 is 21.1 Å². The van der Waals surface area contributed by atoms with Crippen LogP contribution in [0.5, 0.6) is 0 Å². The van der Waals surface area contributed by atoms with Crippen molar-refractivity contribution in [1.29, 1.82) is 0 Å². The molecule has 0 saturated carbocycles. The fraction of sp³-hybridized carbons (Fsp3) is 0.800. The van der Waals surface area contributed by atoms with Gasteiger partial charge in [-0.15, -0.1) is 0 Å². The van der Waals surface area contributed by atoms with E-state index in [2.05, 4.69) is 0 Å². The molecule has 0 aliphatic heterocycles. The highest BCUT2D eigenvalue weighted by molar-refractivity contribution is 5.73. The van der Waals surface area contributed by atoms with E-state index in [1.807, 2.05) is 13.8 Å². The number of carboxylic acids is 2. The first-order valence-corrected chi connectivity index (χ1v) is 5.04. The van der Waals surface area contributed by atoms with Crippen LogP contribution in [0, 0.1) is 11.8 Å². The molecule has 96 valence electrons. The highest BCUT2D eigenvalue weighted by Gasteiger charge is 2.11. The summed E-state index contributed by atoms with van der Waals surface area (Å²) in [5.41, 5.74) is 5.22. The number of hydrogen-bond donors (Lipinski definition) is 4. The summed E-state index contributed by atoms with van der Waals surface area (Å²) in [6, 6.07) is -0.690. The minimum absolute atomic E-state index is 0.282. The Kier molecular flexibility index (Phi) is 9.83. The van der Waals surface area contributed by atoms with Crippen molar-refractivity contribution >= 4 is 11.9 Å². The van der Waals surface area contributed by atoms with Crippen LogP contribution >= 0.6 is 0 Å². The molecule has 6 nitrogen and oxygen atoms in total. The Bertz CT molecular complexity index is 217. The topological polar surface area (TPSA) is 121 Å². The summed E-state index contributed by atoms with van der Waals surface area (Å²) in [5.74, 6) is -2.14. The molecule has 6 heteroatoms. The van der Waals surface area contributed by atoms with Gasteiger partial charge in [0.15, 0.2) is 0 Å². The van der Waals surface area contributed by atoms with E-state index in [1.54, 1.807) is 0 Å². The second-order valence-corrected chi connectivity index (χ2v) is 4.00. The van der Waals surface area contributed by atoms with Gasteiger partial charge in [0, 0.05) is 0 Å². The van der Waals surface area contributed by atoms with Crippen LogP contribution in [0.25, 0.3) is 0 Å². The first kappa shape index (κ1) is 17.3. The molecule has 0 heterocycles. The third kappa shape index (κ3) is 10.9. The van der Waals surface area contributed by atoms with Crippen LogP contribution in [0.1, 0.15) is 27.2 Å². The number of aliphatic hydroxyl groups excluding tert-OH is 1. The van der Waals surface area contributed by atoms with Gasteiger partial charge >= 0.3 is 11.9 Å². The Morgan fingerprint density at radius 3 is 1.62 bits per heavy atom. The van der Waals surface area contributed by atoms with Gasteiger partial charge in [-0.1, -0.05) is 13.8 Å². The Morgan fingerprint density at radius 2 is 1.56 bits per heavy atom. The molecule has 0 amide bonds. The van der Waals surface area contributed by atoms with E-state index in [0.717, 1.165) is 0 Å². The highest BCUT2D eigenvalue weighted by Crippen LogP contribution is 2.01.